The van der Waals surface area contributed by atoms with Crippen molar-refractivity contribution in [3.8, 4) is 11.3 Å². The molecule has 0 fully saturated rings. The summed E-state index contributed by atoms with van der Waals surface area (Å²) in [5.74, 6) is 0. The molecule has 0 atom stereocenters. The fourth-order valence-electron chi connectivity index (χ4n) is 2.35. The van der Waals surface area contributed by atoms with Gasteiger partial charge in [0.25, 0.3) is 0 Å². The molecule has 20 heavy (non-hydrogen) atoms. The van der Waals surface area contributed by atoms with Crippen molar-refractivity contribution in [2.75, 3.05) is 0 Å². The van der Waals surface area contributed by atoms with Crippen LogP contribution in [0.1, 0.15) is 12.5 Å². The summed E-state index contributed by atoms with van der Waals surface area (Å²) < 4.78 is 1.04. The molecule has 0 saturated heterocycles. The SMILES string of the molecule is CCc1cc(Br)cc2c(Cl)cc(-c3ccccc3)nc12. The summed E-state index contributed by atoms with van der Waals surface area (Å²) in [6.07, 6.45) is 0.928. The number of hydrogen-bond donors (Lipinski definition) is 0. The summed E-state index contributed by atoms with van der Waals surface area (Å²) in [5, 5.41) is 1.74. The molecule has 2 aromatic carbocycles. The van der Waals surface area contributed by atoms with Crippen molar-refractivity contribution in [3.05, 3.63) is 63.6 Å². The van der Waals surface area contributed by atoms with Crippen LogP contribution in [-0.4, -0.2) is 4.98 Å². The molecule has 1 heterocycles. The Labute approximate surface area is 131 Å². The van der Waals surface area contributed by atoms with Gasteiger partial charge in [0.2, 0.25) is 0 Å². The van der Waals surface area contributed by atoms with E-state index in [1.807, 2.05) is 30.3 Å². The van der Waals surface area contributed by atoms with E-state index >= 15 is 0 Å². The number of pyridine rings is 1. The maximum atomic E-state index is 6.45. The highest BCUT2D eigenvalue weighted by Crippen LogP contribution is 2.32. The molecule has 100 valence electrons. The van der Waals surface area contributed by atoms with E-state index in [9.17, 15) is 0 Å². The van der Waals surface area contributed by atoms with Crippen molar-refractivity contribution in [1.82, 2.24) is 4.98 Å². The Kier molecular flexibility index (Phi) is 3.77. The van der Waals surface area contributed by atoms with Crippen molar-refractivity contribution < 1.29 is 0 Å². The third-order valence-electron chi connectivity index (χ3n) is 3.36. The van der Waals surface area contributed by atoms with Crippen LogP contribution < -0.4 is 0 Å². The second-order valence-electron chi connectivity index (χ2n) is 4.67. The van der Waals surface area contributed by atoms with Gasteiger partial charge >= 0.3 is 0 Å². The van der Waals surface area contributed by atoms with E-state index in [4.69, 9.17) is 16.6 Å². The zero-order valence-corrected chi connectivity index (χ0v) is 13.4. The fraction of sp³-hybridized carbons (Fsp3) is 0.118. The number of aryl methyl sites for hydroxylation is 1. The van der Waals surface area contributed by atoms with Gasteiger partial charge in [-0.1, -0.05) is 64.8 Å². The topological polar surface area (TPSA) is 12.9 Å². The molecule has 0 amide bonds. The lowest BCUT2D eigenvalue weighted by Gasteiger charge is -2.10. The van der Waals surface area contributed by atoms with Gasteiger partial charge in [0.1, 0.15) is 0 Å². The Morgan fingerprint density at radius 2 is 1.85 bits per heavy atom. The standard InChI is InChI=1S/C17H13BrClN/c1-2-11-8-13(18)9-14-15(19)10-16(20-17(11)14)12-6-4-3-5-7-12/h3-10H,2H2,1H3. The van der Waals surface area contributed by atoms with Crippen molar-refractivity contribution in [2.45, 2.75) is 13.3 Å². The van der Waals surface area contributed by atoms with Gasteiger partial charge in [0.15, 0.2) is 0 Å². The van der Waals surface area contributed by atoms with Gasteiger partial charge in [-0.25, -0.2) is 4.98 Å². The van der Waals surface area contributed by atoms with Gasteiger partial charge in [-0.15, -0.1) is 0 Å². The first kappa shape index (κ1) is 13.6. The van der Waals surface area contributed by atoms with E-state index < -0.39 is 0 Å². The number of halogens is 2. The molecule has 0 aliphatic heterocycles. The summed E-state index contributed by atoms with van der Waals surface area (Å²) in [5.41, 5.74) is 4.19. The minimum atomic E-state index is 0.741. The van der Waals surface area contributed by atoms with Gasteiger partial charge in [-0.05, 0) is 30.2 Å². The number of nitrogens with zero attached hydrogens (tertiary/aromatic N) is 1. The van der Waals surface area contributed by atoms with Gasteiger partial charge in [-0.2, -0.15) is 0 Å². The highest BCUT2D eigenvalue weighted by Gasteiger charge is 2.10. The van der Waals surface area contributed by atoms with E-state index in [1.54, 1.807) is 0 Å². The van der Waals surface area contributed by atoms with Crippen LogP contribution in [0.15, 0.2) is 53.0 Å². The zero-order valence-electron chi connectivity index (χ0n) is 11.0. The Morgan fingerprint density at radius 1 is 1.10 bits per heavy atom. The highest BCUT2D eigenvalue weighted by atomic mass is 79.9. The summed E-state index contributed by atoms with van der Waals surface area (Å²) in [7, 11) is 0. The number of aromatic nitrogens is 1. The van der Waals surface area contributed by atoms with Crippen LogP contribution in [-0.2, 0) is 6.42 Å². The predicted molar refractivity (Wildman–Crippen MR) is 89.3 cm³/mol. The van der Waals surface area contributed by atoms with Crippen molar-refractivity contribution in [3.63, 3.8) is 0 Å². The minimum absolute atomic E-state index is 0.741. The second-order valence-corrected chi connectivity index (χ2v) is 5.99. The number of benzene rings is 2. The Bertz CT molecular complexity index is 769. The molecule has 0 N–H and O–H groups in total. The van der Waals surface area contributed by atoms with Crippen molar-refractivity contribution in [2.24, 2.45) is 0 Å². The van der Waals surface area contributed by atoms with Crippen LogP contribution in [0.25, 0.3) is 22.2 Å². The Hall–Kier alpha value is -1.38. The van der Waals surface area contributed by atoms with Crippen LogP contribution in [0.5, 0.6) is 0 Å². The molecular weight excluding hydrogens is 334 g/mol. The van der Waals surface area contributed by atoms with E-state index in [1.165, 1.54) is 5.56 Å². The predicted octanol–water partition coefficient (Wildman–Crippen LogP) is 5.88. The molecule has 1 nitrogen and oxygen atoms in total. The average molecular weight is 347 g/mol. The molecule has 0 bridgehead atoms. The molecule has 0 saturated carbocycles. The monoisotopic (exact) mass is 345 g/mol. The molecule has 0 radical (unpaired) electrons. The highest BCUT2D eigenvalue weighted by molar-refractivity contribution is 9.10. The van der Waals surface area contributed by atoms with E-state index in [0.717, 1.165) is 38.1 Å². The Balaban J connectivity index is 2.31. The van der Waals surface area contributed by atoms with Crippen LogP contribution in [0.3, 0.4) is 0 Å². The van der Waals surface area contributed by atoms with Crippen molar-refractivity contribution >= 4 is 38.4 Å². The number of fused-ring (bicyclic) bond motifs is 1. The zero-order chi connectivity index (χ0) is 14.1. The van der Waals surface area contributed by atoms with Gasteiger partial charge < -0.3 is 0 Å². The Morgan fingerprint density at radius 3 is 2.55 bits per heavy atom. The van der Waals surface area contributed by atoms with Gasteiger partial charge in [-0.3, -0.25) is 0 Å². The second kappa shape index (κ2) is 5.55. The third kappa shape index (κ3) is 2.46. The molecule has 1 aromatic heterocycles. The molecular formula is C17H13BrClN. The first-order valence-electron chi connectivity index (χ1n) is 6.53. The minimum Gasteiger partial charge on any atom is -0.247 e. The first-order chi connectivity index (χ1) is 9.69. The number of rotatable bonds is 2. The normalized spacial score (nSPS) is 10.9. The molecule has 0 unspecified atom stereocenters. The molecule has 3 heteroatoms. The molecule has 3 aromatic rings. The largest absolute Gasteiger partial charge is 0.247 e. The molecule has 0 aliphatic rings. The van der Waals surface area contributed by atoms with E-state index in [-0.39, 0.29) is 0 Å². The van der Waals surface area contributed by atoms with E-state index in [2.05, 4.69) is 41.1 Å². The summed E-state index contributed by atoms with van der Waals surface area (Å²) in [6, 6.07) is 16.2. The lowest BCUT2D eigenvalue weighted by molar-refractivity contribution is 1.14. The van der Waals surface area contributed by atoms with Crippen LogP contribution >= 0.6 is 27.5 Å². The maximum Gasteiger partial charge on any atom is 0.0757 e. The lowest BCUT2D eigenvalue weighted by Crippen LogP contribution is -1.92. The first-order valence-corrected chi connectivity index (χ1v) is 7.70. The summed E-state index contributed by atoms with van der Waals surface area (Å²) in [4.78, 5) is 4.81. The smallest absolute Gasteiger partial charge is 0.0757 e. The van der Waals surface area contributed by atoms with Gasteiger partial charge in [0, 0.05) is 15.4 Å². The van der Waals surface area contributed by atoms with Gasteiger partial charge in [0.05, 0.1) is 16.2 Å². The maximum absolute atomic E-state index is 6.45. The van der Waals surface area contributed by atoms with Crippen LogP contribution in [0.2, 0.25) is 5.02 Å². The molecule has 3 rings (SSSR count). The molecule has 0 spiro atoms. The average Bonchev–Trinajstić information content (AvgIpc) is 2.48. The van der Waals surface area contributed by atoms with E-state index in [0.29, 0.717) is 0 Å². The summed E-state index contributed by atoms with van der Waals surface area (Å²) >= 11 is 9.99. The lowest BCUT2D eigenvalue weighted by atomic mass is 10.1. The summed E-state index contributed by atoms with van der Waals surface area (Å²) in [6.45, 7) is 2.13. The molecule has 0 aliphatic carbocycles. The quantitative estimate of drug-likeness (QED) is 0.564. The van der Waals surface area contributed by atoms with Crippen LogP contribution in [0.4, 0.5) is 0 Å². The third-order valence-corrected chi connectivity index (χ3v) is 4.13. The number of hydrogen-bond acceptors (Lipinski definition) is 1. The fourth-order valence-corrected chi connectivity index (χ4v) is 3.10. The van der Waals surface area contributed by atoms with Crippen molar-refractivity contribution in [1.29, 1.82) is 0 Å². The van der Waals surface area contributed by atoms with Crippen LogP contribution in [0, 0.1) is 0 Å².